The molecule has 2 aliphatic rings. The number of pyridine rings is 1. The van der Waals surface area contributed by atoms with Crippen LogP contribution in [0.15, 0.2) is 115 Å². The SMILES string of the molecule is CC(=O)/C=C(/C)O.Cc1cccc(C)c1B1c2c[c-]c(-c3ccccn3)cc2C(c2c(C)cccc2C)=C2C=CC=CN12.[Ir]. The number of rotatable bonds is 4. The summed E-state index contributed by atoms with van der Waals surface area (Å²) in [6, 6.07) is 27.3. The molecular formula is C38H36BIrN2O2-. The number of benzene rings is 3. The van der Waals surface area contributed by atoms with Gasteiger partial charge in [0.05, 0.1) is 5.76 Å². The Bertz CT molecular complexity index is 1780. The second-order valence-corrected chi connectivity index (χ2v) is 11.2. The van der Waals surface area contributed by atoms with Crippen LogP contribution in [0.1, 0.15) is 47.2 Å². The fraction of sp³-hybridized carbons (Fsp3) is 0.158. The van der Waals surface area contributed by atoms with Crippen molar-refractivity contribution in [3.63, 3.8) is 0 Å². The van der Waals surface area contributed by atoms with Gasteiger partial charge in [0.1, 0.15) is 0 Å². The molecule has 0 atom stereocenters. The summed E-state index contributed by atoms with van der Waals surface area (Å²) < 4.78 is 0. The molecule has 1 radical (unpaired) electrons. The number of aryl methyl sites for hydroxylation is 4. The molecule has 44 heavy (non-hydrogen) atoms. The van der Waals surface area contributed by atoms with E-state index in [1.54, 1.807) is 0 Å². The summed E-state index contributed by atoms with van der Waals surface area (Å²) in [4.78, 5) is 17.1. The van der Waals surface area contributed by atoms with Crippen LogP contribution in [0.5, 0.6) is 0 Å². The van der Waals surface area contributed by atoms with E-state index >= 15 is 0 Å². The van der Waals surface area contributed by atoms with Gasteiger partial charge in [0.25, 0.3) is 6.85 Å². The maximum Gasteiger partial charge on any atom is 0.273 e. The molecule has 0 saturated carbocycles. The first-order valence-electron chi connectivity index (χ1n) is 14.5. The smallest absolute Gasteiger partial charge is 0.273 e. The Morgan fingerprint density at radius 3 is 2.14 bits per heavy atom. The molecule has 0 unspecified atom stereocenters. The molecule has 4 nitrogen and oxygen atoms in total. The Hall–Kier alpha value is -4.25. The molecule has 3 aromatic carbocycles. The molecule has 1 aromatic heterocycles. The van der Waals surface area contributed by atoms with Gasteiger partial charge in [-0.25, -0.2) is 0 Å². The van der Waals surface area contributed by atoms with Crippen molar-refractivity contribution in [3.8, 4) is 11.3 Å². The van der Waals surface area contributed by atoms with Gasteiger partial charge in [0.2, 0.25) is 0 Å². The van der Waals surface area contributed by atoms with E-state index in [4.69, 9.17) is 5.11 Å². The van der Waals surface area contributed by atoms with Crippen molar-refractivity contribution in [2.45, 2.75) is 41.5 Å². The zero-order valence-corrected chi connectivity index (χ0v) is 28.4. The van der Waals surface area contributed by atoms with Crippen LogP contribution in [-0.2, 0) is 24.9 Å². The number of aromatic nitrogens is 1. The van der Waals surface area contributed by atoms with Gasteiger partial charge in [-0.2, -0.15) is 0 Å². The van der Waals surface area contributed by atoms with Gasteiger partial charge in [-0.3, -0.25) is 4.79 Å². The third-order valence-electron chi connectivity index (χ3n) is 7.87. The van der Waals surface area contributed by atoms with E-state index < -0.39 is 0 Å². The number of carbonyl (C=O) groups excluding carboxylic acids is 1. The molecule has 0 saturated heterocycles. The number of aliphatic hydroxyl groups is 1. The first-order valence-corrected chi connectivity index (χ1v) is 14.5. The third kappa shape index (κ3) is 6.62. The van der Waals surface area contributed by atoms with Gasteiger partial charge < -0.3 is 14.9 Å². The Morgan fingerprint density at radius 2 is 1.57 bits per heavy atom. The molecule has 0 bridgehead atoms. The van der Waals surface area contributed by atoms with Crippen LogP contribution in [0.3, 0.4) is 0 Å². The van der Waals surface area contributed by atoms with Crippen molar-refractivity contribution in [1.82, 2.24) is 9.79 Å². The van der Waals surface area contributed by atoms with E-state index in [-0.39, 0.29) is 38.5 Å². The van der Waals surface area contributed by atoms with Gasteiger partial charge in [0.15, 0.2) is 5.78 Å². The minimum atomic E-state index is -0.125. The summed E-state index contributed by atoms with van der Waals surface area (Å²) in [5, 5.41) is 8.36. The average molecular weight is 756 g/mol. The van der Waals surface area contributed by atoms with E-state index in [2.05, 4.69) is 123 Å². The van der Waals surface area contributed by atoms with E-state index in [0.717, 1.165) is 11.3 Å². The Morgan fingerprint density at radius 1 is 0.909 bits per heavy atom. The van der Waals surface area contributed by atoms with Crippen LogP contribution < -0.4 is 10.9 Å². The molecule has 223 valence electrons. The van der Waals surface area contributed by atoms with Crippen molar-refractivity contribution in [2.24, 2.45) is 0 Å². The Balaban J connectivity index is 0.000000497. The van der Waals surface area contributed by atoms with Crippen LogP contribution in [0.2, 0.25) is 0 Å². The first kappa shape index (κ1) is 32.7. The minimum absolute atomic E-state index is 0. The summed E-state index contributed by atoms with van der Waals surface area (Å²) >= 11 is 0. The second kappa shape index (κ2) is 14.0. The summed E-state index contributed by atoms with van der Waals surface area (Å²) in [6.45, 7) is 11.8. The van der Waals surface area contributed by atoms with E-state index in [1.807, 2.05) is 18.3 Å². The maximum absolute atomic E-state index is 10.0. The van der Waals surface area contributed by atoms with Crippen molar-refractivity contribution in [2.75, 3.05) is 0 Å². The van der Waals surface area contributed by atoms with Crippen LogP contribution >= 0.6 is 0 Å². The molecule has 0 spiro atoms. The Kier molecular flexibility index (Phi) is 10.4. The molecule has 4 aromatic rings. The molecule has 3 heterocycles. The maximum atomic E-state index is 10.0. The second-order valence-electron chi connectivity index (χ2n) is 11.2. The molecule has 2 aliphatic heterocycles. The summed E-state index contributed by atoms with van der Waals surface area (Å²) in [7, 11) is 0. The quantitative estimate of drug-likeness (QED) is 0.105. The summed E-state index contributed by atoms with van der Waals surface area (Å²) in [5.74, 6) is -0.0625. The standard InChI is InChI=1S/C33H28BN2.C5H8O2.Ir/c1-22-11-9-12-23(2)31(22)32-27-21-26(29-15-5-7-19-35-29)17-18-28(27)34(36-20-8-6-16-30(32)36)33-24(3)13-10-14-25(33)4;1-4(6)3-5(2)7;/h5-16,18-21H,1-4H3;3,6H,1-2H3;/q-1;;/b;4-3-;. The Labute approximate surface area is 275 Å². The van der Waals surface area contributed by atoms with Crippen molar-refractivity contribution < 1.29 is 30.0 Å². The van der Waals surface area contributed by atoms with Crippen molar-refractivity contribution in [1.29, 1.82) is 0 Å². The normalized spacial score (nSPS) is 13.5. The van der Waals surface area contributed by atoms with Gasteiger partial charge in [-0.05, 0) is 93.9 Å². The van der Waals surface area contributed by atoms with E-state index in [0.29, 0.717) is 0 Å². The molecule has 1 N–H and O–H groups in total. The largest absolute Gasteiger partial charge is 0.512 e. The van der Waals surface area contributed by atoms with Crippen LogP contribution in [0.4, 0.5) is 0 Å². The van der Waals surface area contributed by atoms with Crippen LogP contribution in [-0.4, -0.2) is 27.5 Å². The number of allylic oxidation sites excluding steroid dienone is 5. The van der Waals surface area contributed by atoms with Crippen molar-refractivity contribution in [3.05, 3.63) is 154 Å². The monoisotopic (exact) mass is 756 g/mol. The zero-order valence-electron chi connectivity index (χ0n) is 26.0. The zero-order chi connectivity index (χ0) is 30.7. The molecular weight excluding hydrogens is 719 g/mol. The number of aliphatic hydroxyl groups excluding tert-OH is 1. The first-order chi connectivity index (χ1) is 20.7. The topological polar surface area (TPSA) is 53.4 Å². The van der Waals surface area contributed by atoms with Gasteiger partial charge in [0, 0.05) is 38.1 Å². The number of fused-ring (bicyclic) bond motifs is 2. The van der Waals surface area contributed by atoms with E-state index in [9.17, 15) is 4.79 Å². The van der Waals surface area contributed by atoms with Gasteiger partial charge in [-0.1, -0.05) is 76.8 Å². The van der Waals surface area contributed by atoms with Crippen LogP contribution in [0.25, 0.3) is 16.8 Å². The predicted octanol–water partition coefficient (Wildman–Crippen LogP) is 7.08. The molecule has 0 amide bonds. The molecule has 0 aliphatic carbocycles. The molecule has 6 heteroatoms. The summed E-state index contributed by atoms with van der Waals surface area (Å²) in [5.41, 5.74) is 14.8. The fourth-order valence-electron chi connectivity index (χ4n) is 6.12. The third-order valence-corrected chi connectivity index (χ3v) is 7.87. The number of ketones is 1. The van der Waals surface area contributed by atoms with Gasteiger partial charge >= 0.3 is 0 Å². The minimum Gasteiger partial charge on any atom is -0.512 e. The molecule has 6 rings (SSSR count). The number of hydrogen-bond acceptors (Lipinski definition) is 4. The molecule has 0 fully saturated rings. The predicted molar refractivity (Wildman–Crippen MR) is 179 cm³/mol. The number of nitrogens with zero attached hydrogens (tertiary/aromatic N) is 2. The van der Waals surface area contributed by atoms with Crippen molar-refractivity contribution >= 4 is 29.1 Å². The number of hydrogen-bond donors (Lipinski definition) is 1. The number of carbonyl (C=O) groups is 1. The average Bonchev–Trinajstić information content (AvgIpc) is 2.97. The van der Waals surface area contributed by atoms with E-state index in [1.165, 1.54) is 75.5 Å². The summed E-state index contributed by atoms with van der Waals surface area (Å²) in [6.07, 6.45) is 11.8. The van der Waals surface area contributed by atoms with Crippen LogP contribution in [0, 0.1) is 33.8 Å². The fourth-order valence-corrected chi connectivity index (χ4v) is 6.12. The van der Waals surface area contributed by atoms with Gasteiger partial charge in [-0.15, -0.1) is 29.2 Å².